The Balaban J connectivity index is 1.35. The second kappa shape index (κ2) is 8.75. The topological polar surface area (TPSA) is 77.1 Å². The number of piperidine rings is 1. The molecule has 4 rings (SSSR count). The Bertz CT molecular complexity index is 1030. The fourth-order valence-electron chi connectivity index (χ4n) is 4.12. The number of pyridine rings is 1. The van der Waals surface area contributed by atoms with E-state index in [4.69, 9.17) is 4.52 Å². The average molecular weight is 406 g/mol. The summed E-state index contributed by atoms with van der Waals surface area (Å²) in [5.41, 5.74) is 3.63. The van der Waals surface area contributed by atoms with Crippen LogP contribution in [0.2, 0.25) is 0 Å². The first-order valence-corrected chi connectivity index (χ1v) is 10.3. The van der Waals surface area contributed by atoms with Gasteiger partial charge in [0.05, 0.1) is 6.54 Å². The number of rotatable bonds is 7. The molecule has 156 valence electrons. The number of ketones is 1. The molecule has 4 heterocycles. The minimum absolute atomic E-state index is 0.173. The second-order valence-corrected chi connectivity index (χ2v) is 7.83. The number of aryl methyl sites for hydroxylation is 1. The summed E-state index contributed by atoms with van der Waals surface area (Å²) in [5.74, 6) is 1.58. The van der Waals surface area contributed by atoms with E-state index in [1.807, 2.05) is 44.2 Å². The molecule has 7 nitrogen and oxygen atoms in total. The molecule has 0 unspecified atom stereocenters. The van der Waals surface area contributed by atoms with E-state index in [-0.39, 0.29) is 11.7 Å². The highest BCUT2D eigenvalue weighted by atomic mass is 16.5. The lowest BCUT2D eigenvalue weighted by molar-refractivity contribution is 0.0904. The van der Waals surface area contributed by atoms with Crippen LogP contribution in [-0.2, 0) is 6.54 Å². The lowest BCUT2D eigenvalue weighted by Crippen LogP contribution is -2.37. The second-order valence-electron chi connectivity index (χ2n) is 7.83. The molecule has 0 aliphatic carbocycles. The van der Waals surface area contributed by atoms with Crippen LogP contribution in [0.4, 0.5) is 0 Å². The Morgan fingerprint density at radius 1 is 1.30 bits per heavy atom. The first-order chi connectivity index (χ1) is 14.6. The van der Waals surface area contributed by atoms with Crippen molar-refractivity contribution in [1.29, 1.82) is 0 Å². The van der Waals surface area contributed by atoms with Crippen LogP contribution in [0.1, 0.15) is 46.4 Å². The van der Waals surface area contributed by atoms with Gasteiger partial charge in [0.25, 0.3) is 0 Å². The highest BCUT2D eigenvalue weighted by molar-refractivity contribution is 5.99. The number of allylic oxidation sites excluding steroid dienone is 1. The van der Waals surface area contributed by atoms with Crippen LogP contribution < -0.4 is 0 Å². The number of likely N-dealkylation sites (tertiary alicyclic amines) is 1. The van der Waals surface area contributed by atoms with E-state index in [2.05, 4.69) is 31.2 Å². The van der Waals surface area contributed by atoms with Gasteiger partial charge in [-0.3, -0.25) is 14.7 Å². The van der Waals surface area contributed by atoms with E-state index >= 15 is 0 Å². The molecule has 1 aliphatic heterocycles. The molecule has 7 heteroatoms. The van der Waals surface area contributed by atoms with E-state index in [0.717, 1.165) is 49.4 Å². The zero-order valence-corrected chi connectivity index (χ0v) is 17.5. The van der Waals surface area contributed by atoms with Crippen molar-refractivity contribution < 1.29 is 9.32 Å². The number of hydrogen-bond donors (Lipinski definition) is 0. The molecule has 0 atom stereocenters. The molecule has 3 aromatic rings. The lowest BCUT2D eigenvalue weighted by atomic mass is 9.96. The first-order valence-electron chi connectivity index (χ1n) is 10.3. The Labute approximate surface area is 176 Å². The molecule has 1 fully saturated rings. The largest absolute Gasteiger partial charge is 0.345 e. The van der Waals surface area contributed by atoms with Crippen molar-refractivity contribution in [2.75, 3.05) is 19.6 Å². The van der Waals surface area contributed by atoms with Crippen LogP contribution in [0, 0.1) is 13.8 Å². The van der Waals surface area contributed by atoms with E-state index in [1.54, 1.807) is 6.20 Å². The predicted octanol–water partition coefficient (Wildman–Crippen LogP) is 3.80. The van der Waals surface area contributed by atoms with Gasteiger partial charge in [-0.15, -0.1) is 6.58 Å². The van der Waals surface area contributed by atoms with Crippen molar-refractivity contribution in [1.82, 2.24) is 24.6 Å². The van der Waals surface area contributed by atoms with E-state index in [0.29, 0.717) is 24.0 Å². The van der Waals surface area contributed by atoms with Crippen LogP contribution in [0.15, 0.2) is 47.6 Å². The molecule has 0 saturated carbocycles. The van der Waals surface area contributed by atoms with Gasteiger partial charge in [-0.1, -0.05) is 17.3 Å². The summed E-state index contributed by atoms with van der Waals surface area (Å²) in [6.45, 7) is 10.7. The third-order valence-corrected chi connectivity index (χ3v) is 5.83. The molecule has 0 spiro atoms. The summed E-state index contributed by atoms with van der Waals surface area (Å²) in [4.78, 5) is 23.9. The minimum atomic E-state index is 0.173. The summed E-state index contributed by atoms with van der Waals surface area (Å²) in [6.07, 6.45) is 5.37. The quantitative estimate of drug-likeness (QED) is 0.440. The molecule has 0 aromatic carbocycles. The van der Waals surface area contributed by atoms with Crippen LogP contribution in [0.3, 0.4) is 0 Å². The number of Topliss-reactive ketones (excluding diaryl/α,β-unsaturated/α-hetero) is 1. The minimum Gasteiger partial charge on any atom is -0.345 e. The zero-order valence-electron chi connectivity index (χ0n) is 17.5. The van der Waals surface area contributed by atoms with Gasteiger partial charge >= 0.3 is 0 Å². The molecule has 0 bridgehead atoms. The Kier molecular flexibility index (Phi) is 5.90. The summed E-state index contributed by atoms with van der Waals surface area (Å²) in [7, 11) is 0. The van der Waals surface area contributed by atoms with Gasteiger partial charge in [-0.2, -0.15) is 4.98 Å². The molecule has 0 amide bonds. The van der Waals surface area contributed by atoms with E-state index in [1.165, 1.54) is 0 Å². The molecule has 0 radical (unpaired) electrons. The zero-order chi connectivity index (χ0) is 21.1. The van der Waals surface area contributed by atoms with Crippen molar-refractivity contribution in [3.63, 3.8) is 0 Å². The number of aromatic nitrogens is 4. The molecule has 0 N–H and O–H groups in total. The van der Waals surface area contributed by atoms with Crippen molar-refractivity contribution in [3.8, 4) is 11.5 Å². The van der Waals surface area contributed by atoms with Crippen LogP contribution in [-0.4, -0.2) is 50.0 Å². The summed E-state index contributed by atoms with van der Waals surface area (Å²) in [6, 6.07) is 7.63. The summed E-state index contributed by atoms with van der Waals surface area (Å²) in [5, 5.41) is 4.08. The lowest BCUT2D eigenvalue weighted by Gasteiger charge is -2.29. The van der Waals surface area contributed by atoms with Gasteiger partial charge in [-0.25, -0.2) is 0 Å². The molecule has 1 aliphatic rings. The van der Waals surface area contributed by atoms with Crippen molar-refractivity contribution in [2.24, 2.45) is 0 Å². The fourth-order valence-corrected chi connectivity index (χ4v) is 4.12. The SMILES string of the molecule is C=CCn1c(C)cc(C(=O)CN2CCC(c3nc(-c4ccccn4)no3)CC2)c1C. The van der Waals surface area contributed by atoms with Gasteiger partial charge in [0.15, 0.2) is 5.78 Å². The maximum Gasteiger partial charge on any atom is 0.230 e. The number of carbonyl (C=O) groups excluding carboxylic acids is 1. The van der Waals surface area contributed by atoms with Gasteiger partial charge in [0, 0.05) is 35.6 Å². The Hall–Kier alpha value is -3.06. The molecule has 1 saturated heterocycles. The van der Waals surface area contributed by atoms with Gasteiger partial charge in [0.2, 0.25) is 11.7 Å². The molecule has 30 heavy (non-hydrogen) atoms. The predicted molar refractivity (Wildman–Crippen MR) is 114 cm³/mol. The van der Waals surface area contributed by atoms with Crippen LogP contribution in [0.5, 0.6) is 0 Å². The van der Waals surface area contributed by atoms with Crippen molar-refractivity contribution in [3.05, 3.63) is 66.0 Å². The third kappa shape index (κ3) is 4.11. The van der Waals surface area contributed by atoms with E-state index < -0.39 is 0 Å². The van der Waals surface area contributed by atoms with Crippen LogP contribution >= 0.6 is 0 Å². The van der Waals surface area contributed by atoms with Gasteiger partial charge in [-0.05, 0) is 58.0 Å². The smallest absolute Gasteiger partial charge is 0.230 e. The third-order valence-electron chi connectivity index (χ3n) is 5.83. The van der Waals surface area contributed by atoms with Crippen molar-refractivity contribution >= 4 is 5.78 Å². The first kappa shape index (κ1) is 20.2. The summed E-state index contributed by atoms with van der Waals surface area (Å²) >= 11 is 0. The number of nitrogens with zero attached hydrogens (tertiary/aromatic N) is 5. The van der Waals surface area contributed by atoms with Crippen molar-refractivity contribution in [2.45, 2.75) is 39.2 Å². The molecule has 3 aromatic heterocycles. The monoisotopic (exact) mass is 405 g/mol. The highest BCUT2D eigenvalue weighted by Crippen LogP contribution is 2.28. The maximum absolute atomic E-state index is 12.9. The number of carbonyl (C=O) groups is 1. The molecular weight excluding hydrogens is 378 g/mol. The van der Waals surface area contributed by atoms with E-state index in [9.17, 15) is 4.79 Å². The Morgan fingerprint density at radius 3 is 2.80 bits per heavy atom. The Morgan fingerprint density at radius 2 is 2.10 bits per heavy atom. The molecular formula is C23H27N5O2. The fraction of sp³-hybridized carbons (Fsp3) is 0.391. The van der Waals surface area contributed by atoms with Gasteiger partial charge in [0.1, 0.15) is 5.69 Å². The summed E-state index contributed by atoms with van der Waals surface area (Å²) < 4.78 is 7.63. The highest BCUT2D eigenvalue weighted by Gasteiger charge is 2.27. The van der Waals surface area contributed by atoms with Gasteiger partial charge < -0.3 is 9.09 Å². The normalized spacial score (nSPS) is 15.4. The number of hydrogen-bond acceptors (Lipinski definition) is 6. The standard InChI is InChI=1S/C23H27N5O2/c1-4-11-28-16(2)14-19(17(28)3)21(29)15-27-12-8-18(9-13-27)23-25-22(26-30-23)20-7-5-6-10-24-20/h4-7,10,14,18H,1,8-9,11-13,15H2,2-3H3. The maximum atomic E-state index is 12.9. The van der Waals surface area contributed by atoms with Crippen LogP contribution in [0.25, 0.3) is 11.5 Å². The average Bonchev–Trinajstić information content (AvgIpc) is 3.36.